The molecule has 3 amide bonds. The summed E-state index contributed by atoms with van der Waals surface area (Å²) in [4.78, 5) is 40.2. The van der Waals surface area contributed by atoms with Crippen LogP contribution in [0.15, 0.2) is 67.0 Å². The number of piperazine rings is 1. The number of carbonyl (C=O) groups is 2. The van der Waals surface area contributed by atoms with Crippen molar-refractivity contribution in [3.63, 3.8) is 0 Å². The van der Waals surface area contributed by atoms with Crippen LogP contribution in [0.3, 0.4) is 0 Å². The third-order valence-electron chi connectivity index (χ3n) is 16.0. The van der Waals surface area contributed by atoms with E-state index in [-0.39, 0.29) is 54.2 Å². The topological polar surface area (TPSA) is 161 Å². The molecule has 6 aliphatic heterocycles. The number of hydrogen-bond donors (Lipinski definition) is 3. The Bertz CT molecular complexity index is 2670. The fourth-order valence-corrected chi connectivity index (χ4v) is 12.6. The molecule has 6 saturated heterocycles. The smallest absolute Gasteiger partial charge is 0.328 e. The molecule has 5 atom stereocenters. The Kier molecular flexibility index (Phi) is 9.70. The lowest BCUT2D eigenvalue weighted by molar-refractivity contribution is -0.120. The molecule has 5 unspecified atom stereocenters. The van der Waals surface area contributed by atoms with Gasteiger partial charge in [0.05, 0.1) is 41.2 Å². The molecule has 1 saturated carbocycles. The minimum absolute atomic E-state index is 0.110. The average molecular weight is 882 g/mol. The van der Waals surface area contributed by atoms with E-state index in [1.54, 1.807) is 29.3 Å². The summed E-state index contributed by atoms with van der Waals surface area (Å²) in [6.07, 6.45) is 12.4. The van der Waals surface area contributed by atoms with Crippen LogP contribution < -0.4 is 30.7 Å². The van der Waals surface area contributed by atoms with Gasteiger partial charge in [-0.15, -0.1) is 10.2 Å². The number of nitrogens with zero attached hydrogens (tertiary/aromatic N) is 9. The largest absolute Gasteiger partial charge is 0.507 e. The van der Waals surface area contributed by atoms with E-state index in [0.717, 1.165) is 105 Å². The number of likely N-dealkylation sites (tertiary alicyclic amines) is 1. The number of hydrogen-bond acceptors (Lipinski definition) is 12. The van der Waals surface area contributed by atoms with E-state index >= 15 is 4.39 Å². The molecule has 5 aromatic rings. The summed E-state index contributed by atoms with van der Waals surface area (Å²) in [6.45, 7) is 8.63. The number of amides is 3. The molecule has 9 heterocycles. The lowest BCUT2D eigenvalue weighted by Crippen LogP contribution is -2.54. The van der Waals surface area contributed by atoms with Gasteiger partial charge in [-0.25, -0.2) is 14.2 Å². The maximum absolute atomic E-state index is 15.7. The van der Waals surface area contributed by atoms with Crippen molar-refractivity contribution >= 4 is 51.5 Å². The zero-order valence-electron chi connectivity index (χ0n) is 36.8. The van der Waals surface area contributed by atoms with Crippen molar-refractivity contribution in [3.05, 3.63) is 78.4 Å². The molecule has 15 nitrogen and oxygen atoms in total. The van der Waals surface area contributed by atoms with Crippen LogP contribution >= 0.6 is 0 Å². The molecule has 12 rings (SSSR count). The Morgan fingerprint density at radius 3 is 2.46 bits per heavy atom. The van der Waals surface area contributed by atoms with Crippen LogP contribution in [-0.2, 0) is 9.53 Å². The van der Waals surface area contributed by atoms with Crippen molar-refractivity contribution in [1.29, 1.82) is 0 Å². The van der Waals surface area contributed by atoms with Crippen molar-refractivity contribution in [2.45, 2.75) is 88.6 Å². The number of aromatic nitrogens is 4. The number of nitrogens with one attached hydrogen (secondary N) is 1. The average Bonchev–Trinajstić information content (AvgIpc) is 4.02. The quantitative estimate of drug-likeness (QED) is 0.161. The highest BCUT2D eigenvalue weighted by Crippen LogP contribution is 2.56. The second-order valence-corrected chi connectivity index (χ2v) is 19.9. The van der Waals surface area contributed by atoms with Gasteiger partial charge in [-0.05, 0) is 118 Å². The molecule has 1 spiro atoms. The summed E-state index contributed by atoms with van der Waals surface area (Å²) in [5.74, 6) is 0.493. The maximum atomic E-state index is 15.7. The molecule has 2 bridgehead atoms. The van der Waals surface area contributed by atoms with Gasteiger partial charge < -0.3 is 39.7 Å². The SMILES string of the molecule is Cc1cn(C2CC3(CCN(CC4CC5CN(c6cc(N7C8CCC7CN(c7cc(-c9ccccc9O)nnc7N)C8)ccc6F)CC5O4)CC3)C2)c2ncc(N3CCC(=O)NC3=O)cc12. The van der Waals surface area contributed by atoms with Gasteiger partial charge in [0.25, 0.3) is 0 Å². The Balaban J connectivity index is 0.637. The van der Waals surface area contributed by atoms with Crippen LogP contribution in [0.25, 0.3) is 22.3 Å². The number of carbonyl (C=O) groups excluding carboxylic acids is 2. The fraction of sp³-hybridized carbons (Fsp3) is 0.490. The standard InChI is InChI=1S/C49H56FN11O4/c1-29-23-60(47-38(29)17-34(22-52-47)59-13-10-45(63)53-48(59)64)35-20-49(21-35)11-14-56(15-12-49)27-36-16-30-24-57(28-44(30)65-36)41-18-31(8-9-39(41)50)61-32-6-7-33(61)26-58(25-32)42-19-40(54-55-46(42)51)37-4-2-3-5-43(37)62/h2-5,8-9,17-19,22-23,30,32-33,35-36,44,62H,6-7,10-16,20-21,24-28H2,1H3,(H2,51,55)(H,53,63,64). The third kappa shape index (κ3) is 7.11. The summed E-state index contributed by atoms with van der Waals surface area (Å²) in [7, 11) is 0. The number of ether oxygens (including phenoxy) is 1. The number of urea groups is 1. The van der Waals surface area contributed by atoms with E-state index in [9.17, 15) is 14.7 Å². The highest BCUT2D eigenvalue weighted by atomic mass is 19.1. The number of piperidine rings is 1. The van der Waals surface area contributed by atoms with Crippen molar-refractivity contribution in [1.82, 2.24) is 30.0 Å². The number of pyridine rings is 1. The molecule has 7 aliphatic rings. The predicted octanol–water partition coefficient (Wildman–Crippen LogP) is 6.24. The maximum Gasteiger partial charge on any atom is 0.328 e. The Morgan fingerprint density at radius 2 is 1.69 bits per heavy atom. The van der Waals surface area contributed by atoms with Crippen molar-refractivity contribution in [2.24, 2.45) is 11.3 Å². The minimum Gasteiger partial charge on any atom is -0.507 e. The van der Waals surface area contributed by atoms with E-state index in [1.807, 2.05) is 30.3 Å². The lowest BCUT2D eigenvalue weighted by atomic mass is 9.60. The van der Waals surface area contributed by atoms with Gasteiger partial charge >= 0.3 is 6.03 Å². The lowest BCUT2D eigenvalue weighted by Gasteiger charge is -2.53. The molecule has 16 heteroatoms. The van der Waals surface area contributed by atoms with Gasteiger partial charge in [-0.3, -0.25) is 15.0 Å². The molecular formula is C49H56FN11O4. The van der Waals surface area contributed by atoms with Gasteiger partial charge in [-0.2, -0.15) is 0 Å². The van der Waals surface area contributed by atoms with Crippen molar-refractivity contribution in [2.75, 3.05) is 77.7 Å². The van der Waals surface area contributed by atoms with Crippen LogP contribution in [0.2, 0.25) is 0 Å². The molecule has 3 aromatic heterocycles. The number of aromatic hydroxyl groups is 1. The second-order valence-electron chi connectivity index (χ2n) is 19.9. The summed E-state index contributed by atoms with van der Waals surface area (Å²) >= 11 is 0. The number of para-hydroxylation sites is 1. The summed E-state index contributed by atoms with van der Waals surface area (Å²) in [6, 6.07) is 17.3. The zero-order chi connectivity index (χ0) is 44.1. The highest BCUT2D eigenvalue weighted by Gasteiger charge is 2.49. The first-order valence-electron chi connectivity index (χ1n) is 23.5. The number of fused-ring (bicyclic) bond motifs is 4. The first-order chi connectivity index (χ1) is 31.5. The van der Waals surface area contributed by atoms with E-state index < -0.39 is 0 Å². The number of phenols is 1. The minimum atomic E-state index is -0.389. The Hall–Kier alpha value is -6.00. The molecule has 65 heavy (non-hydrogen) atoms. The predicted molar refractivity (Wildman–Crippen MR) is 247 cm³/mol. The number of rotatable bonds is 8. The normalized spacial score (nSPS) is 26.6. The Labute approximate surface area is 377 Å². The second kappa shape index (κ2) is 15.6. The third-order valence-corrected chi connectivity index (χ3v) is 16.0. The van der Waals surface area contributed by atoms with Gasteiger partial charge in [0.15, 0.2) is 5.82 Å². The number of aryl methyl sites for hydroxylation is 1. The number of halogens is 1. The van der Waals surface area contributed by atoms with Crippen LogP contribution in [0.1, 0.15) is 63.0 Å². The van der Waals surface area contributed by atoms with Crippen LogP contribution in [-0.4, -0.2) is 118 Å². The number of benzene rings is 2. The van der Waals surface area contributed by atoms with E-state index in [2.05, 4.69) is 58.9 Å². The van der Waals surface area contributed by atoms with Crippen LogP contribution in [0.5, 0.6) is 5.75 Å². The van der Waals surface area contributed by atoms with Gasteiger partial charge in [0.1, 0.15) is 17.2 Å². The molecule has 2 aromatic carbocycles. The molecule has 1 aliphatic carbocycles. The van der Waals surface area contributed by atoms with Gasteiger partial charge in [0, 0.05) is 92.6 Å². The molecular weight excluding hydrogens is 826 g/mol. The molecule has 338 valence electrons. The van der Waals surface area contributed by atoms with Gasteiger partial charge in [0.2, 0.25) is 5.91 Å². The molecule has 0 radical (unpaired) electrons. The van der Waals surface area contributed by atoms with Gasteiger partial charge in [-0.1, -0.05) is 12.1 Å². The summed E-state index contributed by atoms with van der Waals surface area (Å²) in [5, 5.41) is 22.5. The summed E-state index contributed by atoms with van der Waals surface area (Å²) in [5.41, 5.74) is 13.4. The van der Waals surface area contributed by atoms with E-state index in [0.29, 0.717) is 53.2 Å². The van der Waals surface area contributed by atoms with E-state index in [1.165, 1.54) is 12.8 Å². The molecule has 7 fully saturated rings. The molecule has 4 N–H and O–H groups in total. The monoisotopic (exact) mass is 881 g/mol. The first-order valence-corrected chi connectivity index (χ1v) is 23.5. The summed E-state index contributed by atoms with van der Waals surface area (Å²) < 4.78 is 24.8. The Morgan fingerprint density at radius 1 is 0.908 bits per heavy atom. The highest BCUT2D eigenvalue weighted by molar-refractivity contribution is 6.06. The zero-order valence-corrected chi connectivity index (χ0v) is 36.8. The number of nitrogens with two attached hydrogens (primary N) is 1. The number of anilines is 5. The number of nitrogen functional groups attached to an aromatic ring is 1. The first kappa shape index (κ1) is 40.5. The van der Waals surface area contributed by atoms with Crippen molar-refractivity contribution < 1.29 is 23.8 Å². The number of imide groups is 1. The fourth-order valence-electron chi connectivity index (χ4n) is 12.6. The van der Waals surface area contributed by atoms with Crippen molar-refractivity contribution in [3.8, 4) is 17.0 Å². The van der Waals surface area contributed by atoms with Crippen LogP contribution in [0.4, 0.5) is 37.8 Å². The van der Waals surface area contributed by atoms with Crippen LogP contribution in [0, 0.1) is 24.1 Å². The van der Waals surface area contributed by atoms with E-state index in [4.69, 9.17) is 15.5 Å². The number of phenolic OH excluding ortho intramolecular Hbond substituents is 1.